The molecule has 2 saturated heterocycles. The zero-order valence-corrected chi connectivity index (χ0v) is 31.7. The van der Waals surface area contributed by atoms with Crippen molar-refractivity contribution in [2.75, 3.05) is 52.0 Å². The summed E-state index contributed by atoms with van der Waals surface area (Å²) in [6.07, 6.45) is 2.82. The van der Waals surface area contributed by atoms with Gasteiger partial charge in [0.15, 0.2) is 29.2 Å². The molecule has 0 N–H and O–H groups in total. The highest BCUT2D eigenvalue weighted by Gasteiger charge is 2.48. The van der Waals surface area contributed by atoms with Crippen molar-refractivity contribution in [3.8, 4) is 23.0 Å². The number of carbonyl (C=O) groups is 3. The van der Waals surface area contributed by atoms with Gasteiger partial charge in [-0.25, -0.2) is 9.69 Å². The number of hydrogen-bond acceptors (Lipinski definition) is 13. The SMILES string of the molecule is C=C1C[C@H]2C=Nc3cc(OCCCCCOc4cc5c(cc4OC)C(=O)N4CC(=C)C[C@H]4[C@H](N=O)N5C(=O)OC[C@@H](C)SS)c(OC)cc3C(=O)N2C1. The maximum atomic E-state index is 13.8. The Morgan fingerprint density at radius 2 is 1.55 bits per heavy atom. The third-order valence-electron chi connectivity index (χ3n) is 9.61. The summed E-state index contributed by atoms with van der Waals surface area (Å²) in [5, 5.41) is 3.20. The molecule has 3 amide bonds. The number of carbonyl (C=O) groups excluding carboxylic acids is 3. The molecule has 0 aromatic heterocycles. The van der Waals surface area contributed by atoms with Crippen LogP contribution >= 0.6 is 22.5 Å². The second-order valence-corrected chi connectivity index (χ2v) is 15.0. The van der Waals surface area contributed by atoms with Crippen molar-refractivity contribution >= 4 is 58.0 Å². The minimum atomic E-state index is -1.25. The number of methoxy groups -OCH3 is 2. The predicted molar refractivity (Wildman–Crippen MR) is 206 cm³/mol. The van der Waals surface area contributed by atoms with Gasteiger partial charge in [-0.2, -0.15) is 0 Å². The predicted octanol–water partition coefficient (Wildman–Crippen LogP) is 6.60. The van der Waals surface area contributed by atoms with E-state index in [-0.39, 0.29) is 59.9 Å². The lowest BCUT2D eigenvalue weighted by atomic mass is 10.1. The summed E-state index contributed by atoms with van der Waals surface area (Å²) in [5.41, 5.74) is 3.05. The Bertz CT molecular complexity index is 1840. The minimum absolute atomic E-state index is 0.0332. The molecular formula is C37H43N5O9S2. The molecular weight excluding hydrogens is 723 g/mol. The number of hydrogen-bond donors (Lipinski definition) is 1. The Morgan fingerprint density at radius 1 is 0.925 bits per heavy atom. The van der Waals surface area contributed by atoms with E-state index in [4.69, 9.17) is 23.7 Å². The van der Waals surface area contributed by atoms with E-state index in [0.717, 1.165) is 22.5 Å². The topological polar surface area (TPSA) is 149 Å². The third kappa shape index (κ3) is 7.84. The maximum absolute atomic E-state index is 13.8. The van der Waals surface area contributed by atoms with E-state index in [1.807, 2.05) is 6.92 Å². The molecule has 0 aliphatic carbocycles. The van der Waals surface area contributed by atoms with Crippen LogP contribution in [0.15, 0.2) is 58.7 Å². The normalized spacial score (nSPS) is 20.9. The van der Waals surface area contributed by atoms with Crippen LogP contribution in [0, 0.1) is 4.91 Å². The van der Waals surface area contributed by atoms with E-state index < -0.39 is 18.3 Å². The van der Waals surface area contributed by atoms with Gasteiger partial charge in [0.1, 0.15) is 6.61 Å². The molecule has 282 valence electrons. The van der Waals surface area contributed by atoms with Gasteiger partial charge in [-0.05, 0) is 56.3 Å². The molecule has 0 bridgehead atoms. The zero-order valence-electron chi connectivity index (χ0n) is 29.9. The van der Waals surface area contributed by atoms with Crippen molar-refractivity contribution in [3.05, 3.63) is 64.6 Å². The molecule has 4 aliphatic rings. The highest BCUT2D eigenvalue weighted by Crippen LogP contribution is 2.43. The van der Waals surface area contributed by atoms with Gasteiger partial charge in [0, 0.05) is 36.7 Å². The summed E-state index contributed by atoms with van der Waals surface area (Å²) in [5.74, 6) is 1.04. The van der Waals surface area contributed by atoms with Crippen LogP contribution in [0.25, 0.3) is 0 Å². The number of fused-ring (bicyclic) bond motifs is 4. The molecule has 0 radical (unpaired) electrons. The fourth-order valence-electron chi connectivity index (χ4n) is 6.94. The lowest BCUT2D eigenvalue weighted by Gasteiger charge is -2.30. The molecule has 0 unspecified atom stereocenters. The maximum Gasteiger partial charge on any atom is 0.416 e. The summed E-state index contributed by atoms with van der Waals surface area (Å²) in [6.45, 7) is 11.3. The number of amides is 3. The second-order valence-electron chi connectivity index (χ2n) is 13.4. The summed E-state index contributed by atoms with van der Waals surface area (Å²) in [4.78, 5) is 62.1. The molecule has 0 spiro atoms. The average molecular weight is 766 g/mol. The molecule has 6 rings (SSSR count). The Labute approximate surface area is 317 Å². The Kier molecular flexibility index (Phi) is 11.9. The van der Waals surface area contributed by atoms with E-state index in [9.17, 15) is 19.3 Å². The first-order valence-corrected chi connectivity index (χ1v) is 19.3. The van der Waals surface area contributed by atoms with E-state index >= 15 is 0 Å². The highest BCUT2D eigenvalue weighted by atomic mass is 33.1. The lowest BCUT2D eigenvalue weighted by molar-refractivity contribution is 0.0726. The monoisotopic (exact) mass is 765 g/mol. The Morgan fingerprint density at radius 3 is 2.21 bits per heavy atom. The van der Waals surface area contributed by atoms with Crippen molar-refractivity contribution in [2.45, 2.75) is 62.5 Å². The molecule has 2 fully saturated rings. The number of thiol groups is 1. The summed E-state index contributed by atoms with van der Waals surface area (Å²) in [7, 11) is 4.22. The summed E-state index contributed by atoms with van der Waals surface area (Å²) < 4.78 is 28.9. The Balaban J connectivity index is 1.11. The van der Waals surface area contributed by atoms with Crippen LogP contribution in [0.3, 0.4) is 0 Å². The van der Waals surface area contributed by atoms with Crippen LogP contribution in [0.2, 0.25) is 0 Å². The van der Waals surface area contributed by atoms with Crippen LogP contribution in [-0.2, 0) is 4.74 Å². The number of benzene rings is 2. The van der Waals surface area contributed by atoms with Crippen molar-refractivity contribution in [3.63, 3.8) is 0 Å². The van der Waals surface area contributed by atoms with Crippen molar-refractivity contribution in [1.29, 1.82) is 0 Å². The first-order valence-electron chi connectivity index (χ1n) is 17.4. The molecule has 2 aromatic carbocycles. The average Bonchev–Trinajstić information content (AvgIpc) is 3.69. The Hall–Kier alpha value is -4.70. The number of anilines is 1. The summed E-state index contributed by atoms with van der Waals surface area (Å²) in [6, 6.07) is 5.65. The van der Waals surface area contributed by atoms with Crippen molar-refractivity contribution in [1.82, 2.24) is 9.80 Å². The van der Waals surface area contributed by atoms with Crippen LogP contribution in [0.4, 0.5) is 16.2 Å². The molecule has 16 heteroatoms. The van der Waals surface area contributed by atoms with E-state index in [2.05, 4.69) is 35.0 Å². The second kappa shape index (κ2) is 16.5. The third-order valence-corrected chi connectivity index (χ3v) is 11.2. The van der Waals surface area contributed by atoms with Crippen molar-refractivity contribution < 1.29 is 38.1 Å². The van der Waals surface area contributed by atoms with Crippen LogP contribution in [0.5, 0.6) is 23.0 Å². The van der Waals surface area contributed by atoms with E-state index in [0.29, 0.717) is 67.3 Å². The number of nitroso groups, excluding NO2 is 1. The number of rotatable bonds is 14. The molecule has 14 nitrogen and oxygen atoms in total. The smallest absolute Gasteiger partial charge is 0.416 e. The van der Waals surface area contributed by atoms with Gasteiger partial charge in [-0.3, -0.25) is 14.6 Å². The first-order chi connectivity index (χ1) is 25.6. The molecule has 4 heterocycles. The van der Waals surface area contributed by atoms with Gasteiger partial charge in [0.25, 0.3) is 11.8 Å². The number of aliphatic imine (C=N–C) groups is 1. The largest absolute Gasteiger partial charge is 0.493 e. The fourth-order valence-corrected chi connectivity index (χ4v) is 7.25. The quantitative estimate of drug-likeness (QED) is 0.0733. The summed E-state index contributed by atoms with van der Waals surface area (Å²) >= 11 is 4.19. The van der Waals surface area contributed by atoms with Crippen molar-refractivity contribution in [2.24, 2.45) is 10.2 Å². The molecule has 53 heavy (non-hydrogen) atoms. The van der Waals surface area contributed by atoms with E-state index in [1.54, 1.807) is 23.2 Å². The van der Waals surface area contributed by atoms with Gasteiger partial charge >= 0.3 is 6.09 Å². The van der Waals surface area contributed by atoms with Crippen LogP contribution in [-0.4, -0.2) is 105 Å². The first kappa shape index (κ1) is 38.0. The van der Waals surface area contributed by atoms with Crippen LogP contribution in [0.1, 0.15) is 59.7 Å². The number of nitrogens with zero attached hydrogens (tertiary/aromatic N) is 5. The zero-order chi connectivity index (χ0) is 37.8. The fraction of sp³-hybridized carbons (Fsp3) is 0.459. The molecule has 4 atom stereocenters. The van der Waals surface area contributed by atoms with Gasteiger partial charge in [0.05, 0.1) is 62.0 Å². The highest BCUT2D eigenvalue weighted by molar-refractivity contribution is 8.68. The van der Waals surface area contributed by atoms with Crippen LogP contribution < -0.4 is 23.8 Å². The molecule has 4 aliphatic heterocycles. The molecule has 2 aromatic rings. The van der Waals surface area contributed by atoms with Gasteiger partial charge < -0.3 is 33.5 Å². The van der Waals surface area contributed by atoms with Gasteiger partial charge in [-0.1, -0.05) is 35.1 Å². The number of ether oxygens (including phenoxy) is 5. The lowest BCUT2D eigenvalue weighted by Crippen LogP contribution is -2.50. The minimum Gasteiger partial charge on any atom is -0.493 e. The standard InChI is InChI=1S/C37H43N5O9S2/c1-21-11-24-17-38-27-15-32(30(47-4)13-25(27)35(43)40(24)18-21)49-9-7-6-8-10-50-33-16-28-26(14-31(33)48-5)36(44)41-19-22(2)12-29(41)34(39-46)42(28)37(45)51-20-23(3)53-52/h13-17,23-24,29,34,52H,1-2,6-12,18-20H2,3-5H3/t23-,24+,29+,34-/m1/s1. The van der Waals surface area contributed by atoms with E-state index in [1.165, 1.54) is 42.0 Å². The van der Waals surface area contributed by atoms with Gasteiger partial charge in [-0.15, -0.1) is 16.6 Å². The number of unbranched alkanes of at least 4 members (excludes halogenated alkanes) is 2. The molecule has 0 saturated carbocycles. The van der Waals surface area contributed by atoms with Gasteiger partial charge in [0.2, 0.25) is 0 Å².